The second kappa shape index (κ2) is 9.73. The first-order chi connectivity index (χ1) is 9.11. The van der Waals surface area contributed by atoms with Crippen LogP contribution in [-0.2, 0) is 9.47 Å². The van der Waals surface area contributed by atoms with Gasteiger partial charge in [0.15, 0.2) is 0 Å². The Morgan fingerprint density at radius 1 is 1.11 bits per heavy atom. The Bertz CT molecular complexity index is 221. The Kier molecular flexibility index (Phi) is 8.67. The molecule has 1 rings (SSSR count). The molecule has 0 amide bonds. The lowest BCUT2D eigenvalue weighted by atomic mass is 9.95. The van der Waals surface area contributed by atoms with Crippen molar-refractivity contribution in [3.05, 3.63) is 0 Å². The van der Waals surface area contributed by atoms with Crippen molar-refractivity contribution >= 4 is 0 Å². The van der Waals surface area contributed by atoms with Gasteiger partial charge in [0.1, 0.15) is 0 Å². The molecule has 3 heteroatoms. The number of nitrogens with one attached hydrogen (secondary N) is 1. The Labute approximate surface area is 119 Å². The fourth-order valence-electron chi connectivity index (χ4n) is 2.68. The second-order valence-corrected chi connectivity index (χ2v) is 6.34. The smallest absolute Gasteiger partial charge is 0.0600 e. The van der Waals surface area contributed by atoms with Gasteiger partial charge in [-0.1, -0.05) is 13.8 Å². The van der Waals surface area contributed by atoms with Gasteiger partial charge in [0.25, 0.3) is 0 Å². The van der Waals surface area contributed by atoms with Crippen LogP contribution in [0.2, 0.25) is 0 Å². The molecule has 0 aromatic heterocycles. The monoisotopic (exact) mass is 271 g/mol. The van der Waals surface area contributed by atoms with Crippen LogP contribution < -0.4 is 5.32 Å². The molecule has 0 bridgehead atoms. The van der Waals surface area contributed by atoms with Crippen molar-refractivity contribution in [1.29, 1.82) is 0 Å². The molecule has 3 nitrogen and oxygen atoms in total. The fraction of sp³-hybridized carbons (Fsp3) is 1.00. The van der Waals surface area contributed by atoms with E-state index in [1.807, 2.05) is 7.11 Å². The molecule has 0 saturated heterocycles. The normalized spacial score (nSPS) is 25.7. The van der Waals surface area contributed by atoms with Crippen LogP contribution in [0.1, 0.15) is 59.3 Å². The Morgan fingerprint density at radius 2 is 1.84 bits per heavy atom. The third kappa shape index (κ3) is 7.91. The van der Waals surface area contributed by atoms with E-state index in [0.29, 0.717) is 18.2 Å². The van der Waals surface area contributed by atoms with Crippen LogP contribution in [0.3, 0.4) is 0 Å². The van der Waals surface area contributed by atoms with E-state index in [4.69, 9.17) is 9.47 Å². The first kappa shape index (κ1) is 16.9. The largest absolute Gasteiger partial charge is 0.381 e. The number of methoxy groups -OCH3 is 1. The van der Waals surface area contributed by atoms with Crippen LogP contribution in [0.25, 0.3) is 0 Å². The van der Waals surface area contributed by atoms with Gasteiger partial charge in [0, 0.05) is 19.7 Å². The molecule has 114 valence electrons. The van der Waals surface area contributed by atoms with E-state index in [1.54, 1.807) is 0 Å². The Hall–Kier alpha value is -0.120. The summed E-state index contributed by atoms with van der Waals surface area (Å²) in [6, 6.07) is 0.601. The summed E-state index contributed by atoms with van der Waals surface area (Å²) in [6.45, 7) is 8.63. The maximum atomic E-state index is 5.95. The molecular formula is C16H33NO2. The lowest BCUT2D eigenvalue weighted by molar-refractivity contribution is -0.0285. The lowest BCUT2D eigenvalue weighted by Crippen LogP contribution is -2.33. The summed E-state index contributed by atoms with van der Waals surface area (Å²) < 4.78 is 11.4. The molecule has 3 unspecified atom stereocenters. The van der Waals surface area contributed by atoms with E-state index in [9.17, 15) is 0 Å². The van der Waals surface area contributed by atoms with Gasteiger partial charge in [0.05, 0.1) is 18.8 Å². The molecule has 0 heterocycles. The zero-order valence-electron chi connectivity index (χ0n) is 13.3. The summed E-state index contributed by atoms with van der Waals surface area (Å²) in [7, 11) is 1.81. The highest BCUT2D eigenvalue weighted by Gasteiger charge is 2.21. The summed E-state index contributed by atoms with van der Waals surface area (Å²) in [5.74, 6) is 0.800. The van der Waals surface area contributed by atoms with E-state index in [0.717, 1.165) is 25.5 Å². The van der Waals surface area contributed by atoms with Crippen LogP contribution in [-0.4, -0.2) is 38.5 Å². The second-order valence-electron chi connectivity index (χ2n) is 6.34. The van der Waals surface area contributed by atoms with Crippen molar-refractivity contribution in [2.24, 2.45) is 5.92 Å². The number of ether oxygens (including phenoxy) is 2. The van der Waals surface area contributed by atoms with Crippen LogP contribution >= 0.6 is 0 Å². The van der Waals surface area contributed by atoms with E-state index < -0.39 is 0 Å². The zero-order valence-corrected chi connectivity index (χ0v) is 13.3. The highest BCUT2D eigenvalue weighted by atomic mass is 16.5. The molecule has 0 radical (unpaired) electrons. The van der Waals surface area contributed by atoms with Gasteiger partial charge in [-0.05, 0) is 51.4 Å². The number of rotatable bonds is 9. The van der Waals surface area contributed by atoms with Gasteiger partial charge >= 0.3 is 0 Å². The third-order valence-corrected chi connectivity index (χ3v) is 4.04. The molecule has 1 aliphatic rings. The summed E-state index contributed by atoms with van der Waals surface area (Å²) in [5.41, 5.74) is 0. The molecule has 0 aliphatic heterocycles. The number of hydrogen-bond donors (Lipinski definition) is 1. The zero-order chi connectivity index (χ0) is 14.1. The molecule has 19 heavy (non-hydrogen) atoms. The summed E-state index contributed by atoms with van der Waals surface area (Å²) >= 11 is 0. The minimum absolute atomic E-state index is 0.409. The molecule has 1 fully saturated rings. The molecule has 1 N–H and O–H groups in total. The standard InChI is InChI=1S/C16H33NO2/c1-13(2)8-9-14(3)17-10-11-19-16-7-5-6-15(12-16)18-4/h13-17H,5-12H2,1-4H3. The third-order valence-electron chi connectivity index (χ3n) is 4.04. The van der Waals surface area contributed by atoms with Crippen LogP contribution in [0.15, 0.2) is 0 Å². The van der Waals surface area contributed by atoms with E-state index in [1.165, 1.54) is 32.1 Å². The predicted molar refractivity (Wildman–Crippen MR) is 80.5 cm³/mol. The average Bonchev–Trinajstić information content (AvgIpc) is 2.41. The molecule has 0 aromatic rings. The van der Waals surface area contributed by atoms with Gasteiger partial charge in [0.2, 0.25) is 0 Å². The highest BCUT2D eigenvalue weighted by Crippen LogP contribution is 2.22. The number of hydrogen-bond acceptors (Lipinski definition) is 3. The molecule has 0 aromatic carbocycles. The molecule has 1 saturated carbocycles. The minimum Gasteiger partial charge on any atom is -0.381 e. The molecule has 3 atom stereocenters. The van der Waals surface area contributed by atoms with Gasteiger partial charge < -0.3 is 14.8 Å². The summed E-state index contributed by atoms with van der Waals surface area (Å²) in [4.78, 5) is 0. The lowest BCUT2D eigenvalue weighted by Gasteiger charge is -2.28. The fourth-order valence-corrected chi connectivity index (χ4v) is 2.68. The SMILES string of the molecule is COC1CCCC(OCCNC(C)CCC(C)C)C1. The summed E-state index contributed by atoms with van der Waals surface area (Å²) in [5, 5.41) is 3.55. The topological polar surface area (TPSA) is 30.5 Å². The first-order valence-electron chi connectivity index (χ1n) is 7.99. The maximum absolute atomic E-state index is 5.95. The Morgan fingerprint density at radius 3 is 2.53 bits per heavy atom. The maximum Gasteiger partial charge on any atom is 0.0600 e. The van der Waals surface area contributed by atoms with E-state index in [-0.39, 0.29) is 0 Å². The van der Waals surface area contributed by atoms with Crippen molar-refractivity contribution in [3.63, 3.8) is 0 Å². The molecule has 1 aliphatic carbocycles. The Balaban J connectivity index is 2.00. The molecule has 0 spiro atoms. The van der Waals surface area contributed by atoms with Crippen molar-refractivity contribution in [2.45, 2.75) is 77.5 Å². The van der Waals surface area contributed by atoms with E-state index >= 15 is 0 Å². The average molecular weight is 271 g/mol. The minimum atomic E-state index is 0.409. The predicted octanol–water partition coefficient (Wildman–Crippen LogP) is 3.37. The molecular weight excluding hydrogens is 238 g/mol. The highest BCUT2D eigenvalue weighted by molar-refractivity contribution is 4.73. The van der Waals surface area contributed by atoms with E-state index in [2.05, 4.69) is 26.1 Å². The van der Waals surface area contributed by atoms with Crippen molar-refractivity contribution < 1.29 is 9.47 Å². The summed E-state index contributed by atoms with van der Waals surface area (Å²) in [6.07, 6.45) is 8.08. The van der Waals surface area contributed by atoms with Crippen molar-refractivity contribution in [1.82, 2.24) is 5.32 Å². The van der Waals surface area contributed by atoms with Crippen LogP contribution in [0, 0.1) is 5.92 Å². The first-order valence-corrected chi connectivity index (χ1v) is 7.99. The van der Waals surface area contributed by atoms with Crippen molar-refractivity contribution in [3.8, 4) is 0 Å². The van der Waals surface area contributed by atoms with Crippen molar-refractivity contribution in [2.75, 3.05) is 20.3 Å². The van der Waals surface area contributed by atoms with Gasteiger partial charge in [-0.25, -0.2) is 0 Å². The van der Waals surface area contributed by atoms with Crippen LogP contribution in [0.4, 0.5) is 0 Å². The van der Waals surface area contributed by atoms with Crippen LogP contribution in [0.5, 0.6) is 0 Å². The van der Waals surface area contributed by atoms with Gasteiger partial charge in [-0.15, -0.1) is 0 Å². The quantitative estimate of drug-likeness (QED) is 0.652. The van der Waals surface area contributed by atoms with Gasteiger partial charge in [-0.2, -0.15) is 0 Å². The van der Waals surface area contributed by atoms with Gasteiger partial charge in [-0.3, -0.25) is 0 Å².